The Bertz CT molecular complexity index is 6070. The number of benzene rings is 16. The summed E-state index contributed by atoms with van der Waals surface area (Å²) in [6.07, 6.45) is 0. The fourth-order valence-electron chi connectivity index (χ4n) is 18.0. The van der Waals surface area contributed by atoms with Gasteiger partial charge in [0, 0.05) is 67.1 Å². The molecular weight excluding hydrogens is 1250 g/mol. The highest BCUT2D eigenvalue weighted by atomic mass is 15.2. The van der Waals surface area contributed by atoms with Crippen molar-refractivity contribution in [1.82, 2.24) is 8.96 Å². The van der Waals surface area contributed by atoms with Crippen molar-refractivity contribution in [2.24, 2.45) is 0 Å². The first-order valence-corrected chi connectivity index (χ1v) is 36.2. The van der Waals surface area contributed by atoms with Gasteiger partial charge in [0.2, 0.25) is 0 Å². The summed E-state index contributed by atoms with van der Waals surface area (Å²) >= 11 is 0. The van der Waals surface area contributed by atoms with Gasteiger partial charge in [0.1, 0.15) is 0 Å². The molecule has 480 valence electrons. The molecule has 0 unspecified atom stereocenters. The highest BCUT2D eigenvalue weighted by Crippen LogP contribution is 2.52. The molecule has 0 saturated carbocycles. The molecule has 0 aliphatic carbocycles. The fraction of sp³-hybridized carbons (Fsp3) is 0. The zero-order chi connectivity index (χ0) is 68.1. The van der Waals surface area contributed by atoms with Gasteiger partial charge in [-0.05, 0) is 171 Å². The van der Waals surface area contributed by atoms with Crippen molar-refractivity contribution in [2.45, 2.75) is 0 Å². The minimum atomic E-state index is -0.195. The lowest BCUT2D eigenvalue weighted by Crippen LogP contribution is -2.56. The number of hydrogen-bond acceptors (Lipinski definition) is 2. The number of para-hydroxylation sites is 2. The molecule has 16 aromatic carbocycles. The van der Waals surface area contributed by atoms with E-state index in [0.717, 1.165) is 11.4 Å². The summed E-state index contributed by atoms with van der Waals surface area (Å²) < 4.78 is 5.59. The molecule has 0 radical (unpaired) electrons. The van der Waals surface area contributed by atoms with Crippen molar-refractivity contribution >= 4 is 103 Å². The molecule has 0 spiro atoms. The van der Waals surface area contributed by atoms with E-state index in [1.54, 1.807) is 0 Å². The molecular formula is C98H62B2N4. The molecule has 4 aliphatic rings. The van der Waals surface area contributed by atoms with E-state index in [2.05, 4.69) is 395 Å². The Hall–Kier alpha value is -13.4. The molecule has 4 nitrogen and oxygen atoms in total. The molecule has 6 heteroatoms. The number of nitrogens with zero attached hydrogens (tertiary/aromatic N) is 4. The minimum absolute atomic E-state index is 0.195. The Morgan fingerprint density at radius 3 is 0.731 bits per heavy atom. The van der Waals surface area contributed by atoms with E-state index in [4.69, 9.17) is 0 Å². The van der Waals surface area contributed by atoms with Gasteiger partial charge in [-0.2, -0.15) is 0 Å². The van der Waals surface area contributed by atoms with Crippen LogP contribution in [0.2, 0.25) is 0 Å². The largest absolute Gasteiger partial charge is 0.374 e. The standard InChI is InChI=1S/C98H62B2N4/c1-5-17-63(18-6-1)67-33-37-71(38-34-67)73-49-55-79(56-50-73)101-89-59-53-77(75-45-41-69(42-46-75)65-21-9-3-10-22-65)61-87(89)99-93-81(25-15-31-91(93)101)83-27-13-29-85-95(83)103(99)97-86-30-14-28-84-82-26-16-32-92-94(82)100(104(96(84)86)98(85)97)88-62-78(76-47-43-70(44-48-76)66-23-11-4-12-24-66)54-60-90(88)102(92)80-57-51-74(52-58-80)72-39-35-68(36-40-72)64-19-7-2-8-20-64/h1-62H. The SMILES string of the molecule is c1ccc(-c2ccc(-c3ccc(N4c5ccc(-c6ccc(-c7ccccc7)cc6)cc5B5c6c(cccc64)-c4cccc6c4n5c4c5cccc7c5n(c64)B4c5cc(-c6ccc(-c8ccccc8)cc6)ccc5N(c5ccc(-c6ccc(-c8ccccc8)cc6)cc5)c5cccc-7c54)cc3)cc2)cc1. The monoisotopic (exact) mass is 1320 g/mol. The third-order valence-corrected chi connectivity index (χ3v) is 22.7. The molecule has 0 fully saturated rings. The molecule has 0 N–H and O–H groups in total. The number of aromatic nitrogens is 2. The third kappa shape index (κ3) is 8.88. The van der Waals surface area contributed by atoms with E-state index in [0.29, 0.717) is 0 Å². The van der Waals surface area contributed by atoms with Crippen molar-refractivity contribution < 1.29 is 0 Å². The molecule has 18 aromatic rings. The molecule has 22 rings (SSSR count). The Morgan fingerprint density at radius 2 is 0.423 bits per heavy atom. The van der Waals surface area contributed by atoms with Gasteiger partial charge in [-0.15, -0.1) is 0 Å². The smallest absolute Gasteiger partial charge is 0.333 e. The lowest BCUT2D eigenvalue weighted by atomic mass is 9.45. The fourth-order valence-corrected chi connectivity index (χ4v) is 18.0. The Kier molecular flexibility index (Phi) is 13.0. The van der Waals surface area contributed by atoms with Crippen LogP contribution in [-0.2, 0) is 0 Å². The number of rotatable bonds is 10. The quantitative estimate of drug-likeness (QED) is 0.127. The molecule has 2 aromatic heterocycles. The van der Waals surface area contributed by atoms with Crippen LogP contribution in [0, 0.1) is 0 Å². The van der Waals surface area contributed by atoms with Gasteiger partial charge < -0.3 is 18.8 Å². The summed E-state index contributed by atoms with van der Waals surface area (Å²) in [7, 11) is 0. The van der Waals surface area contributed by atoms with Crippen molar-refractivity contribution in [1.29, 1.82) is 0 Å². The van der Waals surface area contributed by atoms with Gasteiger partial charge >= 0.3 is 13.7 Å². The second-order valence-corrected chi connectivity index (χ2v) is 28.2. The highest BCUT2D eigenvalue weighted by molar-refractivity contribution is 6.92. The predicted molar refractivity (Wildman–Crippen MR) is 440 cm³/mol. The van der Waals surface area contributed by atoms with Crippen molar-refractivity contribution in [2.75, 3.05) is 9.80 Å². The molecule has 6 heterocycles. The van der Waals surface area contributed by atoms with Crippen LogP contribution >= 0.6 is 0 Å². The first kappa shape index (κ1) is 58.4. The molecule has 0 saturated heterocycles. The van der Waals surface area contributed by atoms with Crippen molar-refractivity contribution in [3.8, 4) is 111 Å². The van der Waals surface area contributed by atoms with E-state index < -0.39 is 0 Å². The maximum Gasteiger partial charge on any atom is 0.333 e. The Morgan fingerprint density at radius 1 is 0.173 bits per heavy atom. The Labute approximate surface area is 604 Å². The first-order chi connectivity index (χ1) is 51.6. The predicted octanol–water partition coefficient (Wildman–Crippen LogP) is 22.9. The third-order valence-electron chi connectivity index (χ3n) is 22.7. The van der Waals surface area contributed by atoms with Crippen LogP contribution in [0.15, 0.2) is 376 Å². The highest BCUT2D eigenvalue weighted by Gasteiger charge is 2.47. The maximum absolute atomic E-state index is 2.80. The maximum atomic E-state index is 2.80. The van der Waals surface area contributed by atoms with Crippen molar-refractivity contribution in [3.63, 3.8) is 0 Å². The average molecular weight is 1320 g/mol. The van der Waals surface area contributed by atoms with Crippen LogP contribution in [0.3, 0.4) is 0 Å². The normalized spacial score (nSPS) is 12.7. The molecule has 4 aliphatic heterocycles. The van der Waals surface area contributed by atoms with E-state index in [-0.39, 0.29) is 13.7 Å². The molecule has 0 amide bonds. The first-order valence-electron chi connectivity index (χ1n) is 36.2. The molecule has 0 atom stereocenters. The Balaban J connectivity index is 0.743. The van der Waals surface area contributed by atoms with Gasteiger partial charge in [0.15, 0.2) is 0 Å². The molecule has 0 bridgehead atoms. The number of anilines is 6. The summed E-state index contributed by atoms with van der Waals surface area (Å²) in [6, 6.07) is 141. The van der Waals surface area contributed by atoms with Gasteiger partial charge in [-0.3, -0.25) is 0 Å². The van der Waals surface area contributed by atoms with Crippen molar-refractivity contribution in [3.05, 3.63) is 376 Å². The van der Waals surface area contributed by atoms with Crippen LogP contribution in [0.5, 0.6) is 0 Å². The van der Waals surface area contributed by atoms with Gasteiger partial charge in [-0.25, -0.2) is 0 Å². The van der Waals surface area contributed by atoms with Crippen LogP contribution in [-0.4, -0.2) is 22.7 Å². The zero-order valence-electron chi connectivity index (χ0n) is 56.7. The number of fused-ring (bicyclic) bond motifs is 13. The lowest BCUT2D eigenvalue weighted by Gasteiger charge is -2.41. The van der Waals surface area contributed by atoms with Crippen LogP contribution in [0.1, 0.15) is 0 Å². The van der Waals surface area contributed by atoms with Gasteiger partial charge in [0.05, 0.1) is 11.0 Å². The second kappa shape index (κ2) is 23.1. The summed E-state index contributed by atoms with van der Waals surface area (Å²) in [5.41, 5.74) is 41.3. The average Bonchev–Trinajstić information content (AvgIpc) is 1.47. The van der Waals surface area contributed by atoms with Crippen LogP contribution in [0.4, 0.5) is 34.1 Å². The molecule has 104 heavy (non-hydrogen) atoms. The van der Waals surface area contributed by atoms with Gasteiger partial charge in [0.25, 0.3) is 0 Å². The zero-order valence-corrected chi connectivity index (χ0v) is 56.7. The topological polar surface area (TPSA) is 16.3 Å². The lowest BCUT2D eigenvalue weighted by molar-refractivity contribution is 1.25. The van der Waals surface area contributed by atoms with E-state index in [9.17, 15) is 0 Å². The van der Waals surface area contributed by atoms with Crippen LogP contribution in [0.25, 0.3) is 144 Å². The van der Waals surface area contributed by atoms with Crippen LogP contribution < -0.4 is 31.7 Å². The van der Waals surface area contributed by atoms with Gasteiger partial charge in [-0.1, -0.05) is 328 Å². The summed E-state index contributed by atoms with van der Waals surface area (Å²) in [5.74, 6) is 0. The summed E-state index contributed by atoms with van der Waals surface area (Å²) in [6.45, 7) is -0.391. The van der Waals surface area contributed by atoms with E-state index in [1.165, 1.54) is 189 Å². The van der Waals surface area contributed by atoms with E-state index in [1.807, 2.05) is 0 Å². The number of hydrogen-bond donors (Lipinski definition) is 0. The summed E-state index contributed by atoms with van der Waals surface area (Å²) in [5, 5.41) is 2.51. The van der Waals surface area contributed by atoms with E-state index >= 15 is 0 Å². The minimum Gasteiger partial charge on any atom is -0.374 e. The summed E-state index contributed by atoms with van der Waals surface area (Å²) in [4.78, 5) is 5.09. The second-order valence-electron chi connectivity index (χ2n) is 28.2.